The molecule has 0 aromatic rings. The predicted octanol–water partition coefficient (Wildman–Crippen LogP) is -1.92. The Morgan fingerprint density at radius 2 is 1.26 bits per heavy atom. The fraction of sp³-hybridized carbons (Fsp3) is 0.942. The number of carbonyl (C=O) groups excluding carboxylic acids is 3. The van der Waals surface area contributed by atoms with Crippen LogP contribution in [0.5, 0.6) is 0 Å². The first kappa shape index (κ1) is 58.5. The van der Waals surface area contributed by atoms with Crippen molar-refractivity contribution < 1.29 is 118 Å². The van der Waals surface area contributed by atoms with E-state index >= 15 is 0 Å². The fourth-order valence-electron chi connectivity index (χ4n) is 15.3. The summed E-state index contributed by atoms with van der Waals surface area (Å²) in [5.74, 6) is 0.225. The summed E-state index contributed by atoms with van der Waals surface area (Å²) >= 11 is 0. The Balaban J connectivity index is 0.813. The number of hydrogen-bond acceptors (Lipinski definition) is 24. The fourth-order valence-corrected chi connectivity index (χ4v) is 15.3. The second-order valence-electron chi connectivity index (χ2n) is 23.8. The van der Waals surface area contributed by atoms with Crippen LogP contribution < -0.4 is 0 Å². The van der Waals surface area contributed by atoms with Crippen LogP contribution in [0.3, 0.4) is 0 Å². The molecule has 4 saturated carbocycles. The summed E-state index contributed by atoms with van der Waals surface area (Å²) in [6.07, 6.45) is -20.8. The van der Waals surface area contributed by atoms with E-state index < -0.39 is 153 Å². The van der Waals surface area contributed by atoms with Gasteiger partial charge in [0, 0.05) is 43.1 Å². The van der Waals surface area contributed by atoms with Gasteiger partial charge in [0.05, 0.1) is 57.8 Å². The molecule has 5 aliphatic heterocycles. The van der Waals surface area contributed by atoms with Crippen LogP contribution in [0.25, 0.3) is 0 Å². The van der Waals surface area contributed by atoms with Crippen LogP contribution in [0, 0.1) is 45.8 Å². The third-order valence-electron chi connectivity index (χ3n) is 19.5. The number of ether oxygens (including phenoxy) is 11. The van der Waals surface area contributed by atoms with Crippen LogP contribution in [-0.2, 0) is 66.5 Å². The first-order valence-corrected chi connectivity index (χ1v) is 27.3. The van der Waals surface area contributed by atoms with E-state index in [9.17, 15) is 65.4 Å². The minimum atomic E-state index is -1.87. The van der Waals surface area contributed by atoms with Crippen molar-refractivity contribution in [1.82, 2.24) is 0 Å². The van der Waals surface area contributed by atoms with Crippen molar-refractivity contribution in [3.63, 3.8) is 0 Å². The molecule has 0 aromatic heterocycles. The number of aliphatic hydroxyl groups is 10. The maximum Gasteiger partial charge on any atom is 0.306 e. The molecule has 0 amide bonds. The van der Waals surface area contributed by atoms with Gasteiger partial charge in [-0.05, 0) is 87.9 Å². The summed E-state index contributed by atoms with van der Waals surface area (Å²) in [5, 5.41) is 105. The molecular weight excluding hydrogens is 1010 g/mol. The summed E-state index contributed by atoms with van der Waals surface area (Å²) in [6.45, 7) is 6.21. The molecule has 434 valence electrons. The Bertz CT molecular complexity index is 2020. The third kappa shape index (κ3) is 10.9. The summed E-state index contributed by atoms with van der Waals surface area (Å²) in [6, 6.07) is 0. The lowest BCUT2D eigenvalue weighted by atomic mass is 9.36. The van der Waals surface area contributed by atoms with Gasteiger partial charge in [0.25, 0.3) is 0 Å². The molecule has 9 fully saturated rings. The second kappa shape index (κ2) is 23.4. The normalized spacial score (nSPS) is 51.6. The zero-order chi connectivity index (χ0) is 54.8. The van der Waals surface area contributed by atoms with Gasteiger partial charge in [-0.25, -0.2) is 0 Å². The van der Waals surface area contributed by atoms with Crippen LogP contribution in [0.1, 0.15) is 98.3 Å². The zero-order valence-corrected chi connectivity index (χ0v) is 43.9. The van der Waals surface area contributed by atoms with Crippen LogP contribution in [0.2, 0.25) is 0 Å². The highest BCUT2D eigenvalue weighted by atomic mass is 16.8. The maximum absolute atomic E-state index is 15.0. The van der Waals surface area contributed by atoms with E-state index in [2.05, 4.69) is 13.8 Å². The Morgan fingerprint density at radius 3 is 1.86 bits per heavy atom. The van der Waals surface area contributed by atoms with Gasteiger partial charge < -0.3 is 103 Å². The number of rotatable bonds is 16. The number of carbonyl (C=O) groups is 3. The van der Waals surface area contributed by atoms with Gasteiger partial charge in [-0.1, -0.05) is 13.8 Å². The lowest BCUT2D eigenvalue weighted by molar-refractivity contribution is -0.358. The van der Waals surface area contributed by atoms with E-state index in [1.54, 1.807) is 6.92 Å². The van der Waals surface area contributed by atoms with Crippen LogP contribution in [-0.4, -0.2) is 232 Å². The first-order valence-electron chi connectivity index (χ1n) is 27.3. The number of cyclic esters (lactones) is 1. The molecule has 9 aliphatic rings. The predicted molar refractivity (Wildman–Crippen MR) is 253 cm³/mol. The molecule has 2 bridgehead atoms. The Kier molecular flexibility index (Phi) is 18.0. The second-order valence-corrected chi connectivity index (χ2v) is 23.8. The zero-order valence-electron chi connectivity index (χ0n) is 43.9. The number of Topliss-reactive ketones (excluding diaryl/α,β-unsaturated/α-hetero) is 1. The standard InChI is InChI=1S/C52H82O24/c1-22-45(76-48-44(64)41(61)38(58)32(75-48)21-70-47-43(63)40(60)37(57)31(74-47)20-69-46-42(62)39(59)36(56)30(17-53)73-46)29(66-5)16-35(71-22)72-28-8-10-51(4)27(26(28)19-67-23(2)54)7-13-52-12-6-25(14-24-15-34(55)68-18-24)50(3,49(52)65)11-9-33(51)52/h22,24-33,35-48,53,56-64H,6-21H2,1-5H3/t22-,24?,25+,26+,27-,28-,29+,30+,31+,32+,33-,35-,36+,37+,38+,39-,40-,41-,42+,43+,44+,45-,46+,47+,48-,50+,51-,52+/m0/s1. The lowest BCUT2D eigenvalue weighted by Crippen LogP contribution is -2.66. The molecule has 9 rings (SSSR count). The molecule has 1 spiro atoms. The quantitative estimate of drug-likeness (QED) is 0.0595. The van der Waals surface area contributed by atoms with E-state index in [-0.39, 0.29) is 60.1 Å². The van der Waals surface area contributed by atoms with E-state index in [1.807, 2.05) is 0 Å². The summed E-state index contributed by atoms with van der Waals surface area (Å²) in [4.78, 5) is 39.3. The van der Waals surface area contributed by atoms with Gasteiger partial charge >= 0.3 is 11.9 Å². The van der Waals surface area contributed by atoms with Crippen molar-refractivity contribution in [3.8, 4) is 0 Å². The molecule has 1 unspecified atom stereocenters. The van der Waals surface area contributed by atoms with Crippen molar-refractivity contribution in [2.24, 2.45) is 45.8 Å². The van der Waals surface area contributed by atoms with Crippen molar-refractivity contribution >= 4 is 17.7 Å². The minimum Gasteiger partial charge on any atom is -0.465 e. The topological polar surface area (TPSA) is 355 Å². The smallest absolute Gasteiger partial charge is 0.306 e. The van der Waals surface area contributed by atoms with E-state index in [0.717, 1.165) is 51.4 Å². The van der Waals surface area contributed by atoms with Crippen LogP contribution in [0.15, 0.2) is 0 Å². The molecule has 24 nitrogen and oxygen atoms in total. The van der Waals surface area contributed by atoms with Crippen molar-refractivity contribution in [2.45, 2.75) is 221 Å². The summed E-state index contributed by atoms with van der Waals surface area (Å²) < 4.78 is 64.8. The molecule has 5 saturated heterocycles. The number of methoxy groups -OCH3 is 1. The number of aliphatic hydroxyl groups excluding tert-OH is 10. The molecule has 5 heterocycles. The number of esters is 2. The van der Waals surface area contributed by atoms with Gasteiger partial charge in [-0.15, -0.1) is 0 Å². The van der Waals surface area contributed by atoms with Crippen LogP contribution in [0.4, 0.5) is 0 Å². The molecule has 24 heteroatoms. The average Bonchev–Trinajstić information content (AvgIpc) is 3.82. The Labute approximate surface area is 441 Å². The van der Waals surface area contributed by atoms with Gasteiger partial charge in [-0.3, -0.25) is 14.4 Å². The number of hydrogen-bond donors (Lipinski definition) is 10. The first-order chi connectivity index (χ1) is 36.0. The highest BCUT2D eigenvalue weighted by Gasteiger charge is 2.69. The molecule has 4 aliphatic carbocycles. The van der Waals surface area contributed by atoms with Crippen molar-refractivity contribution in [2.75, 3.05) is 40.1 Å². The van der Waals surface area contributed by atoms with E-state index in [1.165, 1.54) is 14.0 Å². The Hall–Kier alpha value is -2.15. The van der Waals surface area contributed by atoms with Gasteiger partial charge in [0.1, 0.15) is 85.1 Å². The maximum atomic E-state index is 15.0. The molecule has 76 heavy (non-hydrogen) atoms. The molecule has 0 radical (unpaired) electrons. The van der Waals surface area contributed by atoms with Gasteiger partial charge in [0.2, 0.25) is 0 Å². The monoisotopic (exact) mass is 1090 g/mol. The van der Waals surface area contributed by atoms with Crippen LogP contribution >= 0.6 is 0 Å². The lowest BCUT2D eigenvalue weighted by Gasteiger charge is -2.67. The van der Waals surface area contributed by atoms with Gasteiger partial charge in [0.15, 0.2) is 25.2 Å². The van der Waals surface area contributed by atoms with Crippen molar-refractivity contribution in [3.05, 3.63) is 0 Å². The summed E-state index contributed by atoms with van der Waals surface area (Å²) in [5.41, 5.74) is -1.10. The highest BCUT2D eigenvalue weighted by molar-refractivity contribution is 5.92. The van der Waals surface area contributed by atoms with Crippen molar-refractivity contribution in [1.29, 1.82) is 0 Å². The SMILES string of the molecule is CO[C@@H]1C[C@H](O[C@H]2CC[C@]3(C)[C@@H]4CC[C@@]5(C)C(=O)[C@]4(CC[C@@H]5CC4COC(=O)C4)CC[C@H]3[C@H]2COC(C)=O)O[C@@H](C)[C@@H]1O[C@@H]1O[C@H](CO[C@@H]2O[C@H](CO[C@@H]3O[C@H](CO)[C@@H](O)[C@H](O)[C@H]3O)[C@@H](O)[C@H](O)[C@H]2O)[C@@H](O)[C@H](O)[C@H]1O. The molecular formula is C52H82O24. The number of fused-ring (bicyclic) bond motifs is 3. The molecule has 28 atom stereocenters. The number of ketones is 1. The van der Waals surface area contributed by atoms with Gasteiger partial charge in [-0.2, -0.15) is 0 Å². The Morgan fingerprint density at radius 1 is 0.671 bits per heavy atom. The molecule has 10 N–H and O–H groups in total. The summed E-state index contributed by atoms with van der Waals surface area (Å²) in [7, 11) is 1.48. The average molecular weight is 1090 g/mol. The third-order valence-corrected chi connectivity index (χ3v) is 19.5. The molecule has 0 aromatic carbocycles. The largest absolute Gasteiger partial charge is 0.465 e. The highest BCUT2D eigenvalue weighted by Crippen LogP contribution is 2.71. The minimum absolute atomic E-state index is 0.0850. The van der Waals surface area contributed by atoms with E-state index in [0.29, 0.717) is 25.2 Å². The van der Waals surface area contributed by atoms with E-state index in [4.69, 9.17) is 52.1 Å².